The average molecular weight is 190 g/mol. The minimum Gasteiger partial charge on any atom is -0.362 e. The molecular formula is C10H14N4. The van der Waals surface area contributed by atoms with Gasteiger partial charge in [0.25, 0.3) is 0 Å². The fourth-order valence-electron chi connectivity index (χ4n) is 2.02. The van der Waals surface area contributed by atoms with E-state index in [2.05, 4.69) is 21.1 Å². The van der Waals surface area contributed by atoms with Crippen LogP contribution in [0.2, 0.25) is 0 Å². The Labute approximate surface area is 83.0 Å². The lowest BCUT2D eigenvalue weighted by atomic mass is 9.98. The van der Waals surface area contributed by atoms with Gasteiger partial charge in [0, 0.05) is 22.8 Å². The molecule has 1 aliphatic rings. The zero-order valence-corrected chi connectivity index (χ0v) is 8.16. The van der Waals surface area contributed by atoms with E-state index in [1.165, 1.54) is 42.6 Å². The highest BCUT2D eigenvalue weighted by atomic mass is 15.1. The van der Waals surface area contributed by atoms with Crippen molar-refractivity contribution in [1.82, 2.24) is 4.98 Å². The predicted octanol–water partition coefficient (Wildman–Crippen LogP) is 2.75. The lowest BCUT2D eigenvalue weighted by Crippen LogP contribution is -1.99. The molecule has 1 aliphatic carbocycles. The fourth-order valence-corrected chi connectivity index (χ4v) is 2.02. The minimum atomic E-state index is 0.551. The summed E-state index contributed by atoms with van der Waals surface area (Å²) in [5.74, 6) is 0. The smallest absolute Gasteiger partial charge is 0.0312 e. The molecule has 4 heteroatoms. The highest BCUT2D eigenvalue weighted by Crippen LogP contribution is 2.21. The number of aryl methyl sites for hydroxylation is 2. The van der Waals surface area contributed by atoms with Crippen molar-refractivity contribution < 1.29 is 0 Å². The molecule has 0 aliphatic heterocycles. The molecule has 0 saturated heterocycles. The molecule has 2 rings (SSSR count). The van der Waals surface area contributed by atoms with Gasteiger partial charge < -0.3 is 4.98 Å². The Morgan fingerprint density at radius 3 is 3.07 bits per heavy atom. The molecule has 0 radical (unpaired) electrons. The van der Waals surface area contributed by atoms with Crippen molar-refractivity contribution in [1.29, 1.82) is 0 Å². The number of aromatic amines is 1. The number of rotatable bonds is 3. The number of nitrogens with zero attached hydrogens (tertiary/aromatic N) is 3. The van der Waals surface area contributed by atoms with Crippen molar-refractivity contribution in [2.45, 2.75) is 32.1 Å². The van der Waals surface area contributed by atoms with E-state index in [0.29, 0.717) is 6.54 Å². The summed E-state index contributed by atoms with van der Waals surface area (Å²) < 4.78 is 0. The van der Waals surface area contributed by atoms with Crippen LogP contribution in [-0.4, -0.2) is 11.5 Å². The lowest BCUT2D eigenvalue weighted by molar-refractivity contribution is 0.676. The number of fused-ring (bicyclic) bond motifs is 1. The average Bonchev–Trinajstić information content (AvgIpc) is 2.60. The van der Waals surface area contributed by atoms with E-state index in [9.17, 15) is 0 Å². The molecule has 0 saturated carbocycles. The van der Waals surface area contributed by atoms with Gasteiger partial charge in [0.05, 0.1) is 0 Å². The quantitative estimate of drug-likeness (QED) is 0.432. The minimum absolute atomic E-state index is 0.551. The zero-order chi connectivity index (χ0) is 9.80. The Hall–Kier alpha value is -1.41. The van der Waals surface area contributed by atoms with E-state index >= 15 is 0 Å². The largest absolute Gasteiger partial charge is 0.362 e. The third-order valence-corrected chi connectivity index (χ3v) is 2.71. The van der Waals surface area contributed by atoms with Crippen LogP contribution in [0.1, 0.15) is 29.8 Å². The van der Waals surface area contributed by atoms with Crippen LogP contribution in [-0.2, 0) is 19.3 Å². The number of H-pyrrole nitrogens is 1. The second-order valence-electron chi connectivity index (χ2n) is 3.71. The molecule has 1 heterocycles. The first kappa shape index (κ1) is 9.16. The van der Waals surface area contributed by atoms with Gasteiger partial charge in [0.2, 0.25) is 0 Å². The summed E-state index contributed by atoms with van der Waals surface area (Å²) >= 11 is 0. The summed E-state index contributed by atoms with van der Waals surface area (Å²) in [7, 11) is 0. The molecule has 0 atom stereocenters. The third kappa shape index (κ3) is 1.91. The van der Waals surface area contributed by atoms with Crippen LogP contribution in [0.4, 0.5) is 0 Å². The van der Waals surface area contributed by atoms with Crippen molar-refractivity contribution in [3.05, 3.63) is 33.5 Å². The van der Waals surface area contributed by atoms with Gasteiger partial charge in [0.15, 0.2) is 0 Å². The Bertz CT molecular complexity index is 337. The molecule has 1 N–H and O–H groups in total. The van der Waals surface area contributed by atoms with E-state index in [1.807, 2.05) is 0 Å². The fraction of sp³-hybridized carbons (Fsp3) is 0.600. The van der Waals surface area contributed by atoms with Crippen molar-refractivity contribution in [2.75, 3.05) is 6.54 Å². The van der Waals surface area contributed by atoms with Gasteiger partial charge in [0.1, 0.15) is 0 Å². The predicted molar refractivity (Wildman–Crippen MR) is 55.2 cm³/mol. The van der Waals surface area contributed by atoms with Gasteiger partial charge in [-0.25, -0.2) is 0 Å². The molecule has 4 nitrogen and oxygen atoms in total. The maximum Gasteiger partial charge on any atom is 0.0312 e. The summed E-state index contributed by atoms with van der Waals surface area (Å²) in [5.41, 5.74) is 12.2. The standard InChI is InChI=1S/C10H14N4/c11-14-12-6-5-9-7-8-3-1-2-4-10(8)13-9/h7,13H,1-6H2. The first-order chi connectivity index (χ1) is 6.90. The van der Waals surface area contributed by atoms with E-state index in [1.54, 1.807) is 0 Å². The van der Waals surface area contributed by atoms with Crippen molar-refractivity contribution in [3.8, 4) is 0 Å². The molecule has 0 bridgehead atoms. The Morgan fingerprint density at radius 1 is 1.43 bits per heavy atom. The SMILES string of the molecule is [N-]=[N+]=NCCc1cc2c([nH]1)CCCC2. The van der Waals surface area contributed by atoms with Gasteiger partial charge in [-0.3, -0.25) is 0 Å². The molecule has 1 aromatic heterocycles. The van der Waals surface area contributed by atoms with Gasteiger partial charge in [-0.15, -0.1) is 0 Å². The molecule has 14 heavy (non-hydrogen) atoms. The number of azide groups is 1. The number of hydrogen-bond donors (Lipinski definition) is 1. The van der Waals surface area contributed by atoms with Gasteiger partial charge in [-0.05, 0) is 49.3 Å². The molecule has 0 aromatic carbocycles. The van der Waals surface area contributed by atoms with Crippen molar-refractivity contribution >= 4 is 0 Å². The molecule has 1 aromatic rings. The van der Waals surface area contributed by atoms with Gasteiger partial charge in [-0.2, -0.15) is 0 Å². The molecule has 0 unspecified atom stereocenters. The maximum absolute atomic E-state index is 8.15. The second-order valence-corrected chi connectivity index (χ2v) is 3.71. The second kappa shape index (κ2) is 4.20. The summed E-state index contributed by atoms with van der Waals surface area (Å²) in [5, 5.41) is 3.53. The van der Waals surface area contributed by atoms with Crippen LogP contribution in [0, 0.1) is 0 Å². The maximum atomic E-state index is 8.15. The Balaban J connectivity index is 2.04. The van der Waals surface area contributed by atoms with Crippen LogP contribution in [0.5, 0.6) is 0 Å². The monoisotopic (exact) mass is 190 g/mol. The summed E-state index contributed by atoms with van der Waals surface area (Å²) in [6, 6.07) is 2.22. The highest BCUT2D eigenvalue weighted by molar-refractivity contribution is 5.28. The molecule has 0 spiro atoms. The first-order valence-electron chi connectivity index (χ1n) is 5.10. The third-order valence-electron chi connectivity index (χ3n) is 2.71. The normalized spacial score (nSPS) is 14.6. The Morgan fingerprint density at radius 2 is 2.29 bits per heavy atom. The van der Waals surface area contributed by atoms with Crippen molar-refractivity contribution in [2.24, 2.45) is 5.11 Å². The van der Waals surface area contributed by atoms with Crippen LogP contribution in [0.3, 0.4) is 0 Å². The van der Waals surface area contributed by atoms with E-state index in [4.69, 9.17) is 5.53 Å². The Kier molecular flexibility index (Phi) is 2.75. The van der Waals surface area contributed by atoms with Gasteiger partial charge >= 0.3 is 0 Å². The molecular weight excluding hydrogens is 176 g/mol. The summed E-state index contributed by atoms with van der Waals surface area (Å²) in [6.07, 6.45) is 5.81. The summed E-state index contributed by atoms with van der Waals surface area (Å²) in [6.45, 7) is 0.551. The highest BCUT2D eigenvalue weighted by Gasteiger charge is 2.11. The number of hydrogen-bond acceptors (Lipinski definition) is 1. The topological polar surface area (TPSA) is 64.6 Å². The zero-order valence-electron chi connectivity index (χ0n) is 8.16. The first-order valence-corrected chi connectivity index (χ1v) is 5.10. The van der Waals surface area contributed by atoms with E-state index in [-0.39, 0.29) is 0 Å². The van der Waals surface area contributed by atoms with Crippen LogP contribution >= 0.6 is 0 Å². The number of nitrogens with one attached hydrogen (secondary N) is 1. The van der Waals surface area contributed by atoms with E-state index < -0.39 is 0 Å². The summed E-state index contributed by atoms with van der Waals surface area (Å²) in [4.78, 5) is 6.15. The molecule has 74 valence electrons. The van der Waals surface area contributed by atoms with E-state index in [0.717, 1.165) is 6.42 Å². The van der Waals surface area contributed by atoms with Crippen LogP contribution < -0.4 is 0 Å². The number of aromatic nitrogens is 1. The van der Waals surface area contributed by atoms with Gasteiger partial charge in [-0.1, -0.05) is 5.11 Å². The molecule has 0 fully saturated rings. The van der Waals surface area contributed by atoms with Crippen LogP contribution in [0.15, 0.2) is 11.2 Å². The van der Waals surface area contributed by atoms with Crippen LogP contribution in [0.25, 0.3) is 10.4 Å². The lowest BCUT2D eigenvalue weighted by Gasteiger charge is -2.09. The molecule has 0 amide bonds. The van der Waals surface area contributed by atoms with Crippen molar-refractivity contribution in [3.63, 3.8) is 0 Å².